The largest absolute Gasteiger partial charge is 0.0890 e. The molecule has 0 aromatic heterocycles. The second kappa shape index (κ2) is 4.66. The van der Waals surface area contributed by atoms with E-state index in [1.807, 2.05) is 0 Å². The van der Waals surface area contributed by atoms with Gasteiger partial charge in [-0.3, -0.25) is 0 Å². The summed E-state index contributed by atoms with van der Waals surface area (Å²) in [5.74, 6) is 0. The lowest BCUT2D eigenvalue weighted by atomic mass is 10.1. The van der Waals surface area contributed by atoms with Crippen molar-refractivity contribution in [1.82, 2.24) is 0 Å². The Bertz CT molecular complexity index is 241. The molecule has 0 aliphatic heterocycles. The van der Waals surface area contributed by atoms with Gasteiger partial charge in [0.15, 0.2) is 0 Å². The molecule has 1 aromatic rings. The first-order chi connectivity index (χ1) is 5.72. The van der Waals surface area contributed by atoms with Crippen molar-refractivity contribution in [3.8, 4) is 0 Å². The summed E-state index contributed by atoms with van der Waals surface area (Å²) in [6, 6.07) is 8.81. The fourth-order valence-electron chi connectivity index (χ4n) is 1.30. The molecule has 0 spiro atoms. The lowest BCUT2D eigenvalue weighted by molar-refractivity contribution is 0.953. The minimum atomic E-state index is 0.574. The molecule has 0 aliphatic carbocycles. The summed E-state index contributed by atoms with van der Waals surface area (Å²) in [6.45, 7) is 4.37. The van der Waals surface area contributed by atoms with Gasteiger partial charge in [-0.1, -0.05) is 54.0 Å². The summed E-state index contributed by atoms with van der Waals surface area (Å²) in [5, 5.41) is 0. The zero-order chi connectivity index (χ0) is 8.97. The molecule has 0 radical (unpaired) electrons. The molecule has 0 fully saturated rings. The summed E-state index contributed by atoms with van der Waals surface area (Å²) in [6.07, 6.45) is 2.25. The molecule has 0 nitrogen and oxygen atoms in total. The van der Waals surface area contributed by atoms with Crippen LogP contribution in [0.1, 0.15) is 25.0 Å². The van der Waals surface area contributed by atoms with Gasteiger partial charge >= 0.3 is 0 Å². The van der Waals surface area contributed by atoms with E-state index in [1.165, 1.54) is 11.1 Å². The van der Waals surface area contributed by atoms with Crippen LogP contribution in [0.3, 0.4) is 0 Å². The van der Waals surface area contributed by atoms with E-state index in [9.17, 15) is 0 Å². The number of hydrogen-bond acceptors (Lipinski definition) is 0. The van der Waals surface area contributed by atoms with Crippen molar-refractivity contribution in [2.75, 3.05) is 0 Å². The number of hydrogen-bond donors (Lipinski definition) is 0. The molecular formula is C11H15Br. The normalized spacial score (nSPS) is 12.9. The molecule has 12 heavy (non-hydrogen) atoms. The van der Waals surface area contributed by atoms with Crippen LogP contribution in [-0.4, -0.2) is 4.83 Å². The third-order valence-electron chi connectivity index (χ3n) is 1.92. The maximum Gasteiger partial charge on any atom is 0.0157 e. The van der Waals surface area contributed by atoms with Crippen molar-refractivity contribution < 1.29 is 0 Å². The fraction of sp³-hybridized carbons (Fsp3) is 0.455. The molecule has 0 aliphatic rings. The molecule has 66 valence electrons. The van der Waals surface area contributed by atoms with Crippen molar-refractivity contribution in [2.45, 2.75) is 31.5 Å². The number of alkyl halides is 1. The van der Waals surface area contributed by atoms with E-state index in [1.54, 1.807) is 0 Å². The predicted octanol–water partition coefficient (Wildman–Crippen LogP) is 3.57. The zero-order valence-corrected chi connectivity index (χ0v) is 9.26. The van der Waals surface area contributed by atoms with E-state index in [2.05, 4.69) is 54.0 Å². The summed E-state index contributed by atoms with van der Waals surface area (Å²) in [5.41, 5.74) is 2.86. The van der Waals surface area contributed by atoms with Gasteiger partial charge in [-0.25, -0.2) is 0 Å². The van der Waals surface area contributed by atoms with Gasteiger partial charge in [0.2, 0.25) is 0 Å². The first-order valence-electron chi connectivity index (χ1n) is 4.44. The van der Waals surface area contributed by atoms with Crippen LogP contribution in [0.5, 0.6) is 0 Å². The number of aryl methyl sites for hydroxylation is 1. The Kier molecular flexibility index (Phi) is 3.80. The topological polar surface area (TPSA) is 0 Å². The Labute approximate surface area is 83.1 Å². The maximum absolute atomic E-state index is 3.56. The van der Waals surface area contributed by atoms with E-state index in [4.69, 9.17) is 0 Å². The summed E-state index contributed by atoms with van der Waals surface area (Å²) in [4.78, 5) is 0.574. The molecule has 0 N–H and O–H groups in total. The van der Waals surface area contributed by atoms with Gasteiger partial charge in [-0.2, -0.15) is 0 Å². The van der Waals surface area contributed by atoms with Crippen LogP contribution in [0, 0.1) is 0 Å². The van der Waals surface area contributed by atoms with Crippen LogP contribution in [-0.2, 0) is 12.8 Å². The van der Waals surface area contributed by atoms with Crippen LogP contribution in [0.4, 0.5) is 0 Å². The molecular weight excluding hydrogens is 212 g/mol. The van der Waals surface area contributed by atoms with Gasteiger partial charge in [0.1, 0.15) is 0 Å². The molecule has 0 saturated heterocycles. The van der Waals surface area contributed by atoms with E-state index >= 15 is 0 Å². The van der Waals surface area contributed by atoms with Crippen molar-refractivity contribution in [3.63, 3.8) is 0 Å². The Balaban J connectivity index is 2.72. The highest BCUT2D eigenvalue weighted by molar-refractivity contribution is 9.09. The average Bonchev–Trinajstić information content (AvgIpc) is 2.03. The van der Waals surface area contributed by atoms with Crippen LogP contribution in [0.2, 0.25) is 0 Å². The van der Waals surface area contributed by atoms with Crippen molar-refractivity contribution in [1.29, 1.82) is 0 Å². The fourth-order valence-corrected chi connectivity index (χ4v) is 1.68. The maximum atomic E-state index is 3.56. The van der Waals surface area contributed by atoms with Gasteiger partial charge < -0.3 is 0 Å². The van der Waals surface area contributed by atoms with Gasteiger partial charge in [0.05, 0.1) is 0 Å². The number of rotatable bonds is 3. The lowest BCUT2D eigenvalue weighted by Gasteiger charge is -2.04. The second-order valence-electron chi connectivity index (χ2n) is 3.16. The van der Waals surface area contributed by atoms with E-state index in [0.717, 1.165) is 12.8 Å². The minimum Gasteiger partial charge on any atom is -0.0890 e. The van der Waals surface area contributed by atoms with E-state index in [0.29, 0.717) is 4.83 Å². The van der Waals surface area contributed by atoms with Crippen LogP contribution in [0.25, 0.3) is 0 Å². The third-order valence-corrected chi connectivity index (χ3v) is 2.24. The molecule has 0 heterocycles. The number of benzene rings is 1. The van der Waals surface area contributed by atoms with E-state index in [-0.39, 0.29) is 0 Å². The molecule has 1 heteroatoms. The molecule has 1 atom stereocenters. The molecule has 1 aromatic carbocycles. The van der Waals surface area contributed by atoms with Crippen molar-refractivity contribution in [3.05, 3.63) is 35.4 Å². The van der Waals surface area contributed by atoms with Gasteiger partial charge in [0.25, 0.3) is 0 Å². The average molecular weight is 227 g/mol. The van der Waals surface area contributed by atoms with Gasteiger partial charge in [0, 0.05) is 4.83 Å². The van der Waals surface area contributed by atoms with Gasteiger partial charge in [-0.05, 0) is 24.0 Å². The number of halogens is 1. The Morgan fingerprint density at radius 1 is 1.33 bits per heavy atom. The standard InChI is InChI=1S/C11H15Br/c1-3-10-5-4-6-11(8-10)7-9(2)12/h4-6,8-9H,3,7H2,1-2H3. The highest BCUT2D eigenvalue weighted by Crippen LogP contribution is 2.11. The Morgan fingerprint density at radius 3 is 2.58 bits per heavy atom. The predicted molar refractivity (Wildman–Crippen MR) is 57.9 cm³/mol. The van der Waals surface area contributed by atoms with Crippen molar-refractivity contribution >= 4 is 15.9 Å². The SMILES string of the molecule is CCc1cccc(CC(C)Br)c1. The van der Waals surface area contributed by atoms with Crippen LogP contribution >= 0.6 is 15.9 Å². The smallest absolute Gasteiger partial charge is 0.0157 e. The molecule has 0 amide bonds. The first kappa shape index (κ1) is 9.79. The van der Waals surface area contributed by atoms with E-state index < -0.39 is 0 Å². The third kappa shape index (κ3) is 2.98. The monoisotopic (exact) mass is 226 g/mol. The summed E-state index contributed by atoms with van der Waals surface area (Å²) in [7, 11) is 0. The quantitative estimate of drug-likeness (QED) is 0.692. The molecule has 1 rings (SSSR count). The lowest BCUT2D eigenvalue weighted by Crippen LogP contribution is -1.96. The van der Waals surface area contributed by atoms with Crippen LogP contribution < -0.4 is 0 Å². The molecule has 0 bridgehead atoms. The first-order valence-corrected chi connectivity index (χ1v) is 5.36. The second-order valence-corrected chi connectivity index (χ2v) is 4.72. The summed E-state index contributed by atoms with van der Waals surface area (Å²) >= 11 is 3.56. The summed E-state index contributed by atoms with van der Waals surface area (Å²) < 4.78 is 0. The zero-order valence-electron chi connectivity index (χ0n) is 7.68. The minimum absolute atomic E-state index is 0.574. The molecule has 1 unspecified atom stereocenters. The Morgan fingerprint density at radius 2 is 2.00 bits per heavy atom. The highest BCUT2D eigenvalue weighted by atomic mass is 79.9. The van der Waals surface area contributed by atoms with Crippen LogP contribution in [0.15, 0.2) is 24.3 Å². The Hall–Kier alpha value is -0.300. The molecule has 0 saturated carbocycles. The van der Waals surface area contributed by atoms with Gasteiger partial charge in [-0.15, -0.1) is 0 Å². The highest BCUT2D eigenvalue weighted by Gasteiger charge is 1.98. The van der Waals surface area contributed by atoms with Crippen molar-refractivity contribution in [2.24, 2.45) is 0 Å².